The van der Waals surface area contributed by atoms with Crippen LogP contribution >= 0.6 is 0 Å². The van der Waals surface area contributed by atoms with Gasteiger partial charge in [0.15, 0.2) is 0 Å². The number of nitrogens with one attached hydrogen (secondary N) is 1. The van der Waals surface area contributed by atoms with Crippen LogP contribution < -0.4 is 11.1 Å². The number of aryl methyl sites for hydroxylation is 1. The topological polar surface area (TPSA) is 38.0 Å². The number of benzene rings is 1. The summed E-state index contributed by atoms with van der Waals surface area (Å²) in [5.74, 6) is 0. The first-order valence-corrected chi connectivity index (χ1v) is 5.88. The van der Waals surface area contributed by atoms with E-state index in [0.29, 0.717) is 0 Å². The minimum atomic E-state index is 0.922. The summed E-state index contributed by atoms with van der Waals surface area (Å²) in [6, 6.07) is 8.12. The fourth-order valence-corrected chi connectivity index (χ4v) is 1.59. The Labute approximate surface area is 92.9 Å². The fourth-order valence-electron chi connectivity index (χ4n) is 1.59. The predicted molar refractivity (Wildman–Crippen MR) is 67.0 cm³/mol. The molecule has 0 radical (unpaired) electrons. The van der Waals surface area contributed by atoms with Gasteiger partial charge in [-0.3, -0.25) is 0 Å². The molecule has 2 nitrogen and oxygen atoms in total. The van der Waals surface area contributed by atoms with E-state index in [2.05, 4.69) is 24.4 Å². The molecule has 0 saturated carbocycles. The second kappa shape index (κ2) is 7.30. The van der Waals surface area contributed by atoms with Crippen molar-refractivity contribution in [1.29, 1.82) is 0 Å². The number of para-hydroxylation sites is 1. The number of anilines is 1. The van der Waals surface area contributed by atoms with Crippen LogP contribution in [-0.2, 0) is 6.42 Å². The Morgan fingerprint density at radius 3 is 2.60 bits per heavy atom. The Bertz CT molecular complexity index is 271. The number of hydrogen-bond donors (Lipinski definition) is 2. The zero-order valence-corrected chi connectivity index (χ0v) is 9.63. The van der Waals surface area contributed by atoms with Crippen molar-refractivity contribution in [3.8, 4) is 0 Å². The quantitative estimate of drug-likeness (QED) is 0.531. The molecule has 0 aliphatic rings. The van der Waals surface area contributed by atoms with Gasteiger partial charge in [-0.1, -0.05) is 31.5 Å². The summed E-state index contributed by atoms with van der Waals surface area (Å²) in [5.41, 5.74) is 8.06. The molecule has 84 valence electrons. The SMILES string of the molecule is CCCCNCCCc1ccccc1N. The molecule has 1 rings (SSSR count). The summed E-state index contributed by atoms with van der Waals surface area (Å²) >= 11 is 0. The zero-order valence-electron chi connectivity index (χ0n) is 9.63. The van der Waals surface area contributed by atoms with Crippen molar-refractivity contribution in [2.45, 2.75) is 32.6 Å². The Hall–Kier alpha value is -1.02. The van der Waals surface area contributed by atoms with Crippen LogP contribution in [0.4, 0.5) is 5.69 Å². The second-order valence-corrected chi connectivity index (χ2v) is 3.91. The molecule has 0 unspecified atom stereocenters. The van der Waals surface area contributed by atoms with Crippen molar-refractivity contribution in [1.82, 2.24) is 5.32 Å². The summed E-state index contributed by atoms with van der Waals surface area (Å²) in [5, 5.41) is 3.44. The highest BCUT2D eigenvalue weighted by Gasteiger charge is 1.96. The van der Waals surface area contributed by atoms with Crippen LogP contribution in [0.25, 0.3) is 0 Å². The molecule has 0 aliphatic carbocycles. The molecule has 0 spiro atoms. The van der Waals surface area contributed by atoms with E-state index in [1.807, 2.05) is 12.1 Å². The largest absolute Gasteiger partial charge is 0.399 e. The van der Waals surface area contributed by atoms with Crippen molar-refractivity contribution in [2.75, 3.05) is 18.8 Å². The maximum atomic E-state index is 5.86. The average Bonchev–Trinajstić information content (AvgIpc) is 2.25. The van der Waals surface area contributed by atoms with Crippen molar-refractivity contribution in [2.24, 2.45) is 0 Å². The van der Waals surface area contributed by atoms with E-state index in [4.69, 9.17) is 5.73 Å². The molecule has 0 saturated heterocycles. The van der Waals surface area contributed by atoms with Crippen LogP contribution in [0.15, 0.2) is 24.3 Å². The molecule has 1 aromatic carbocycles. The van der Waals surface area contributed by atoms with Crippen LogP contribution in [0.3, 0.4) is 0 Å². The minimum Gasteiger partial charge on any atom is -0.399 e. The fraction of sp³-hybridized carbons (Fsp3) is 0.538. The van der Waals surface area contributed by atoms with Crippen molar-refractivity contribution in [3.63, 3.8) is 0 Å². The Balaban J connectivity index is 2.12. The van der Waals surface area contributed by atoms with E-state index in [-0.39, 0.29) is 0 Å². The lowest BCUT2D eigenvalue weighted by Gasteiger charge is -2.06. The van der Waals surface area contributed by atoms with E-state index in [0.717, 1.165) is 31.6 Å². The monoisotopic (exact) mass is 206 g/mol. The van der Waals surface area contributed by atoms with E-state index in [1.54, 1.807) is 0 Å². The van der Waals surface area contributed by atoms with Gasteiger partial charge in [-0.25, -0.2) is 0 Å². The first-order valence-electron chi connectivity index (χ1n) is 5.88. The summed E-state index contributed by atoms with van der Waals surface area (Å²) in [7, 11) is 0. The average molecular weight is 206 g/mol. The van der Waals surface area contributed by atoms with Gasteiger partial charge in [-0.2, -0.15) is 0 Å². The van der Waals surface area contributed by atoms with E-state index < -0.39 is 0 Å². The molecule has 0 atom stereocenters. The van der Waals surface area contributed by atoms with Gasteiger partial charge in [0.2, 0.25) is 0 Å². The van der Waals surface area contributed by atoms with E-state index >= 15 is 0 Å². The van der Waals surface area contributed by atoms with Gasteiger partial charge in [0.25, 0.3) is 0 Å². The summed E-state index contributed by atoms with van der Waals surface area (Å²) in [6.07, 6.45) is 4.77. The maximum absolute atomic E-state index is 5.86. The van der Waals surface area contributed by atoms with Crippen LogP contribution in [0, 0.1) is 0 Å². The molecule has 0 aliphatic heterocycles. The first-order chi connectivity index (χ1) is 7.34. The van der Waals surface area contributed by atoms with Gasteiger partial charge >= 0.3 is 0 Å². The summed E-state index contributed by atoms with van der Waals surface area (Å²) in [4.78, 5) is 0. The van der Waals surface area contributed by atoms with Crippen LogP contribution in [0.2, 0.25) is 0 Å². The van der Waals surface area contributed by atoms with Gasteiger partial charge in [-0.05, 0) is 44.0 Å². The third-order valence-corrected chi connectivity index (χ3v) is 2.56. The molecule has 15 heavy (non-hydrogen) atoms. The molecule has 0 bridgehead atoms. The highest BCUT2D eigenvalue weighted by molar-refractivity contribution is 5.46. The van der Waals surface area contributed by atoms with Gasteiger partial charge in [0.1, 0.15) is 0 Å². The third-order valence-electron chi connectivity index (χ3n) is 2.56. The molecule has 1 aromatic rings. The Morgan fingerprint density at radius 1 is 1.13 bits per heavy atom. The Kier molecular flexibility index (Phi) is 5.86. The highest BCUT2D eigenvalue weighted by atomic mass is 14.8. The lowest BCUT2D eigenvalue weighted by atomic mass is 10.1. The molecule has 0 heterocycles. The second-order valence-electron chi connectivity index (χ2n) is 3.91. The molecule has 0 aromatic heterocycles. The van der Waals surface area contributed by atoms with Gasteiger partial charge in [0.05, 0.1) is 0 Å². The van der Waals surface area contributed by atoms with Crippen LogP contribution in [0.5, 0.6) is 0 Å². The molecular weight excluding hydrogens is 184 g/mol. The number of unbranched alkanes of at least 4 members (excludes halogenated alkanes) is 1. The van der Waals surface area contributed by atoms with Crippen LogP contribution in [-0.4, -0.2) is 13.1 Å². The number of rotatable bonds is 7. The lowest BCUT2D eigenvalue weighted by molar-refractivity contribution is 0.617. The molecular formula is C13H22N2. The zero-order chi connectivity index (χ0) is 10.9. The van der Waals surface area contributed by atoms with E-state index in [9.17, 15) is 0 Å². The number of hydrogen-bond acceptors (Lipinski definition) is 2. The van der Waals surface area contributed by atoms with Crippen molar-refractivity contribution >= 4 is 5.69 Å². The molecule has 2 heteroatoms. The molecule has 3 N–H and O–H groups in total. The maximum Gasteiger partial charge on any atom is 0.0346 e. The summed E-state index contributed by atoms with van der Waals surface area (Å²) < 4.78 is 0. The standard InChI is InChI=1S/C13H22N2/c1-2-3-10-15-11-6-8-12-7-4-5-9-13(12)14/h4-5,7,9,15H,2-3,6,8,10-11,14H2,1H3. The molecule has 0 amide bonds. The Morgan fingerprint density at radius 2 is 1.87 bits per heavy atom. The lowest BCUT2D eigenvalue weighted by Crippen LogP contribution is -2.17. The third kappa shape index (κ3) is 4.84. The van der Waals surface area contributed by atoms with Crippen LogP contribution in [0.1, 0.15) is 31.7 Å². The van der Waals surface area contributed by atoms with E-state index in [1.165, 1.54) is 18.4 Å². The highest BCUT2D eigenvalue weighted by Crippen LogP contribution is 2.11. The van der Waals surface area contributed by atoms with Crippen molar-refractivity contribution < 1.29 is 0 Å². The number of nitrogen functional groups attached to an aromatic ring is 1. The minimum absolute atomic E-state index is 0.922. The molecule has 0 fully saturated rings. The van der Waals surface area contributed by atoms with Gasteiger partial charge < -0.3 is 11.1 Å². The van der Waals surface area contributed by atoms with Gasteiger partial charge in [-0.15, -0.1) is 0 Å². The predicted octanol–water partition coefficient (Wildman–Crippen LogP) is 2.59. The number of nitrogens with two attached hydrogens (primary N) is 1. The van der Waals surface area contributed by atoms with Crippen molar-refractivity contribution in [3.05, 3.63) is 29.8 Å². The normalized spacial score (nSPS) is 10.5. The first kappa shape index (κ1) is 12.1. The smallest absolute Gasteiger partial charge is 0.0346 e. The van der Waals surface area contributed by atoms with Gasteiger partial charge in [0, 0.05) is 5.69 Å². The summed E-state index contributed by atoms with van der Waals surface area (Å²) in [6.45, 7) is 4.45.